The molecule has 0 bridgehead atoms. The molecule has 4 rings (SSSR count). The van der Waals surface area contributed by atoms with Gasteiger partial charge in [-0.3, -0.25) is 4.79 Å². The van der Waals surface area contributed by atoms with Gasteiger partial charge in [-0.25, -0.2) is 9.18 Å². The lowest BCUT2D eigenvalue weighted by Gasteiger charge is -2.61. The van der Waals surface area contributed by atoms with Crippen molar-refractivity contribution >= 4 is 11.8 Å². The summed E-state index contributed by atoms with van der Waals surface area (Å²) in [6.07, 6.45) is 4.19. The number of carbonyl (C=O) groups excluding carboxylic acids is 1. The molecular weight excluding hydrogens is 351 g/mol. The SMILES string of the molecule is C[C@@H]1CC2C3CC=C4CC(=O)C=C[C@]4(C)[C@@]3(F)[C@@H](O)C[C@]2(C)[C@@]1(O)C(=O)O. The van der Waals surface area contributed by atoms with E-state index in [9.17, 15) is 24.9 Å². The van der Waals surface area contributed by atoms with Gasteiger partial charge in [0.05, 0.1) is 6.10 Å². The third kappa shape index (κ3) is 1.91. The van der Waals surface area contributed by atoms with Crippen LogP contribution in [0.5, 0.6) is 0 Å². The number of hydrogen-bond donors (Lipinski definition) is 3. The minimum Gasteiger partial charge on any atom is -0.479 e. The molecule has 0 aromatic carbocycles. The van der Waals surface area contributed by atoms with Crippen LogP contribution in [0.4, 0.5) is 4.39 Å². The lowest BCUT2D eigenvalue weighted by atomic mass is 9.45. The van der Waals surface area contributed by atoms with Gasteiger partial charge in [0.25, 0.3) is 0 Å². The first kappa shape index (κ1) is 18.8. The molecule has 6 heteroatoms. The van der Waals surface area contributed by atoms with E-state index in [1.807, 2.05) is 6.08 Å². The van der Waals surface area contributed by atoms with Crippen LogP contribution in [-0.2, 0) is 9.59 Å². The van der Waals surface area contributed by atoms with Crippen LogP contribution in [0.3, 0.4) is 0 Å². The molecule has 5 nitrogen and oxygen atoms in total. The summed E-state index contributed by atoms with van der Waals surface area (Å²) in [5, 5.41) is 31.9. The second-order valence-corrected chi connectivity index (χ2v) is 9.47. The van der Waals surface area contributed by atoms with E-state index in [0.717, 1.165) is 0 Å². The van der Waals surface area contributed by atoms with Crippen LogP contribution in [0.15, 0.2) is 23.8 Å². The highest BCUT2D eigenvalue weighted by atomic mass is 19.1. The summed E-state index contributed by atoms with van der Waals surface area (Å²) in [5.41, 5.74) is -5.52. The molecule has 4 aliphatic carbocycles. The molecule has 0 aromatic heterocycles. The number of alkyl halides is 1. The first-order valence-electron chi connectivity index (χ1n) is 9.67. The number of rotatable bonds is 1. The minimum atomic E-state index is -2.00. The van der Waals surface area contributed by atoms with Crippen molar-refractivity contribution in [1.29, 1.82) is 0 Å². The molecule has 0 radical (unpaired) electrons. The number of aliphatic hydroxyl groups excluding tert-OH is 1. The van der Waals surface area contributed by atoms with E-state index in [1.165, 1.54) is 6.08 Å². The van der Waals surface area contributed by atoms with Crippen molar-refractivity contribution in [3.63, 3.8) is 0 Å². The highest BCUT2D eigenvalue weighted by Crippen LogP contribution is 2.70. The largest absolute Gasteiger partial charge is 0.479 e. The van der Waals surface area contributed by atoms with Gasteiger partial charge in [-0.15, -0.1) is 0 Å². The van der Waals surface area contributed by atoms with Crippen molar-refractivity contribution in [3.05, 3.63) is 23.8 Å². The van der Waals surface area contributed by atoms with Crippen LogP contribution in [0.25, 0.3) is 0 Å². The number of aliphatic carboxylic acids is 1. The van der Waals surface area contributed by atoms with Crippen LogP contribution in [-0.4, -0.2) is 44.4 Å². The zero-order chi connectivity index (χ0) is 20.0. The van der Waals surface area contributed by atoms with Gasteiger partial charge in [0.1, 0.15) is 0 Å². The van der Waals surface area contributed by atoms with Gasteiger partial charge < -0.3 is 15.3 Å². The normalized spacial score (nSPS) is 54.0. The van der Waals surface area contributed by atoms with Gasteiger partial charge in [0, 0.05) is 23.2 Å². The van der Waals surface area contributed by atoms with E-state index < -0.39 is 46.0 Å². The fourth-order valence-corrected chi connectivity index (χ4v) is 6.91. The Kier molecular flexibility index (Phi) is 3.69. The molecule has 0 saturated heterocycles. The molecule has 4 aliphatic rings. The lowest BCUT2D eigenvalue weighted by molar-refractivity contribution is -0.221. The molecule has 2 saturated carbocycles. The summed E-state index contributed by atoms with van der Waals surface area (Å²) in [6.45, 7) is 5.09. The van der Waals surface area contributed by atoms with Crippen molar-refractivity contribution in [3.8, 4) is 0 Å². The van der Waals surface area contributed by atoms with Gasteiger partial charge in [-0.1, -0.05) is 31.6 Å². The van der Waals surface area contributed by atoms with E-state index >= 15 is 4.39 Å². The molecule has 3 N–H and O–H groups in total. The first-order valence-corrected chi connectivity index (χ1v) is 9.67. The second kappa shape index (κ2) is 5.29. The highest BCUT2D eigenvalue weighted by Gasteiger charge is 2.75. The van der Waals surface area contributed by atoms with Gasteiger partial charge in [0.2, 0.25) is 0 Å². The van der Waals surface area contributed by atoms with Crippen LogP contribution >= 0.6 is 0 Å². The summed E-state index contributed by atoms with van der Waals surface area (Å²) < 4.78 is 16.8. The third-order valence-corrected chi connectivity index (χ3v) is 8.51. The van der Waals surface area contributed by atoms with Crippen LogP contribution in [0, 0.1) is 28.6 Å². The summed E-state index contributed by atoms with van der Waals surface area (Å²) in [6, 6.07) is 0. The molecule has 2 unspecified atom stereocenters. The maximum atomic E-state index is 16.8. The number of carbonyl (C=O) groups is 2. The Balaban J connectivity index is 1.87. The maximum Gasteiger partial charge on any atom is 0.336 e. The summed E-state index contributed by atoms with van der Waals surface area (Å²) in [7, 11) is 0. The van der Waals surface area contributed by atoms with E-state index in [4.69, 9.17) is 0 Å². The summed E-state index contributed by atoms with van der Waals surface area (Å²) >= 11 is 0. The fraction of sp³-hybridized carbons (Fsp3) is 0.714. The topological polar surface area (TPSA) is 94.8 Å². The Morgan fingerprint density at radius 2 is 1.96 bits per heavy atom. The number of carboxylic acids is 1. The van der Waals surface area contributed by atoms with Crippen LogP contribution < -0.4 is 0 Å². The Morgan fingerprint density at radius 3 is 2.59 bits per heavy atom. The summed E-state index contributed by atoms with van der Waals surface area (Å²) in [5.74, 6) is -2.91. The monoisotopic (exact) mass is 378 g/mol. The number of carboxylic acid groups (broad SMARTS) is 1. The molecule has 0 heterocycles. The number of ketones is 1. The molecule has 0 spiro atoms. The predicted molar refractivity (Wildman–Crippen MR) is 95.5 cm³/mol. The number of aliphatic hydroxyl groups is 2. The predicted octanol–water partition coefficient (Wildman–Crippen LogP) is 2.42. The smallest absolute Gasteiger partial charge is 0.336 e. The standard InChI is InChI=1S/C21H27FO5/c1-11-8-15-14-5-4-12-9-13(23)6-7-18(12,2)20(14,22)16(24)10-19(15,3)21(11,27)17(25)26/h4,6-7,11,14-16,24,27H,5,8-10H2,1-3H3,(H,25,26)/t11-,14?,15?,16+,18+,19+,20+,21+/m1/s1. The minimum absolute atomic E-state index is 0.0781. The Labute approximate surface area is 158 Å². The molecule has 0 aliphatic heterocycles. The molecule has 2 fully saturated rings. The molecule has 148 valence electrons. The quantitative estimate of drug-likeness (QED) is 0.609. The molecule has 0 amide bonds. The average molecular weight is 378 g/mol. The van der Waals surface area contributed by atoms with Crippen molar-refractivity contribution in [2.75, 3.05) is 0 Å². The second-order valence-electron chi connectivity index (χ2n) is 9.47. The molecule has 8 atom stereocenters. The zero-order valence-electron chi connectivity index (χ0n) is 15.9. The molecular formula is C21H27FO5. The fourth-order valence-electron chi connectivity index (χ4n) is 6.91. The maximum absolute atomic E-state index is 16.8. The van der Waals surface area contributed by atoms with Crippen molar-refractivity contribution in [1.82, 2.24) is 0 Å². The first-order chi connectivity index (χ1) is 12.4. The van der Waals surface area contributed by atoms with Crippen molar-refractivity contribution < 1.29 is 29.3 Å². The van der Waals surface area contributed by atoms with E-state index in [1.54, 1.807) is 26.8 Å². The van der Waals surface area contributed by atoms with E-state index in [-0.39, 0.29) is 24.5 Å². The van der Waals surface area contributed by atoms with Crippen molar-refractivity contribution in [2.24, 2.45) is 28.6 Å². The van der Waals surface area contributed by atoms with E-state index in [0.29, 0.717) is 18.4 Å². The number of hydrogen-bond acceptors (Lipinski definition) is 4. The highest BCUT2D eigenvalue weighted by molar-refractivity contribution is 5.93. The molecule has 0 aromatic rings. The average Bonchev–Trinajstić information content (AvgIpc) is 2.79. The van der Waals surface area contributed by atoms with Gasteiger partial charge in [0.15, 0.2) is 17.1 Å². The zero-order valence-corrected chi connectivity index (χ0v) is 15.9. The third-order valence-electron chi connectivity index (χ3n) is 8.51. The van der Waals surface area contributed by atoms with E-state index in [2.05, 4.69) is 0 Å². The van der Waals surface area contributed by atoms with Gasteiger partial charge >= 0.3 is 5.97 Å². The Morgan fingerprint density at radius 1 is 1.30 bits per heavy atom. The Bertz CT molecular complexity index is 789. The van der Waals surface area contributed by atoms with Gasteiger partial charge in [-0.05, 0) is 44.1 Å². The number of allylic oxidation sites excluding steroid dienone is 4. The lowest BCUT2D eigenvalue weighted by Crippen LogP contribution is -2.69. The van der Waals surface area contributed by atoms with Gasteiger partial charge in [-0.2, -0.15) is 0 Å². The van der Waals surface area contributed by atoms with Crippen LogP contribution in [0.1, 0.15) is 46.5 Å². The van der Waals surface area contributed by atoms with Crippen LogP contribution in [0.2, 0.25) is 0 Å². The number of fused-ring (bicyclic) bond motifs is 5. The number of halogens is 1. The van der Waals surface area contributed by atoms with Crippen molar-refractivity contribution in [2.45, 2.75) is 63.8 Å². The summed E-state index contributed by atoms with van der Waals surface area (Å²) in [4.78, 5) is 23.8. The molecule has 27 heavy (non-hydrogen) atoms. The Hall–Kier alpha value is -1.53.